The highest BCUT2D eigenvalue weighted by Crippen LogP contribution is 2.30. The Balaban J connectivity index is 3.39. The Morgan fingerprint density at radius 1 is 1.64 bits per heavy atom. The number of aromatic nitrogens is 1. The van der Waals surface area contributed by atoms with Gasteiger partial charge in [0.1, 0.15) is 5.82 Å². The summed E-state index contributed by atoms with van der Waals surface area (Å²) in [6, 6.07) is 1.18. The largest absolute Gasteiger partial charge is 0.494 e. The minimum atomic E-state index is -2.83. The quantitative estimate of drug-likeness (QED) is 0.753. The molecule has 14 heavy (non-hydrogen) atoms. The van der Waals surface area contributed by atoms with E-state index < -0.39 is 12.1 Å². The van der Waals surface area contributed by atoms with E-state index in [-0.39, 0.29) is 17.1 Å². The van der Waals surface area contributed by atoms with Crippen LogP contribution in [0.15, 0.2) is 6.07 Å². The lowest BCUT2D eigenvalue weighted by atomic mass is 10.2. The van der Waals surface area contributed by atoms with E-state index in [1.54, 1.807) is 0 Å². The summed E-state index contributed by atoms with van der Waals surface area (Å²) < 4.78 is 29.4. The fourth-order valence-corrected chi connectivity index (χ4v) is 1.05. The molecule has 76 valence electrons. The Bertz CT molecular complexity index is 355. The van der Waals surface area contributed by atoms with Gasteiger partial charge in [0, 0.05) is 0 Å². The molecule has 1 heterocycles. The molecule has 0 aromatic carbocycles. The Labute approximate surface area is 78.7 Å². The molecule has 4 nitrogen and oxygen atoms in total. The van der Waals surface area contributed by atoms with Crippen LogP contribution in [-0.4, -0.2) is 18.4 Å². The van der Waals surface area contributed by atoms with Crippen molar-refractivity contribution in [2.24, 2.45) is 0 Å². The lowest BCUT2D eigenvalue weighted by Gasteiger charge is -2.09. The van der Waals surface area contributed by atoms with E-state index in [1.165, 1.54) is 13.2 Å². The molecule has 0 unspecified atom stereocenters. The number of methoxy groups -OCH3 is 1. The maximum absolute atomic E-state index is 12.4. The number of alkyl halides is 2. The van der Waals surface area contributed by atoms with Gasteiger partial charge in [-0.25, -0.2) is 13.8 Å². The summed E-state index contributed by atoms with van der Waals surface area (Å²) in [5.41, 5.74) is 4.59. The van der Waals surface area contributed by atoms with E-state index in [0.29, 0.717) is 6.29 Å². The molecule has 0 atom stereocenters. The number of pyridine rings is 1. The van der Waals surface area contributed by atoms with Gasteiger partial charge in [0.05, 0.1) is 12.7 Å². The third-order valence-electron chi connectivity index (χ3n) is 1.59. The molecule has 6 heteroatoms. The molecule has 0 fully saturated rings. The first-order valence-electron chi connectivity index (χ1n) is 3.68. The van der Waals surface area contributed by atoms with Crippen LogP contribution in [0.1, 0.15) is 22.5 Å². The van der Waals surface area contributed by atoms with Crippen LogP contribution in [0.4, 0.5) is 14.6 Å². The minimum Gasteiger partial charge on any atom is -0.494 e. The van der Waals surface area contributed by atoms with Crippen molar-refractivity contribution < 1.29 is 18.3 Å². The molecular weight excluding hydrogens is 194 g/mol. The van der Waals surface area contributed by atoms with Crippen molar-refractivity contribution >= 4 is 12.1 Å². The number of ether oxygens (including phenoxy) is 1. The average molecular weight is 202 g/mol. The highest BCUT2D eigenvalue weighted by Gasteiger charge is 2.19. The van der Waals surface area contributed by atoms with Gasteiger partial charge in [-0.3, -0.25) is 4.79 Å². The van der Waals surface area contributed by atoms with E-state index in [2.05, 4.69) is 9.72 Å². The average Bonchev–Trinajstić information content (AvgIpc) is 2.16. The predicted octanol–water partition coefficient (Wildman–Crippen LogP) is 1.42. The van der Waals surface area contributed by atoms with Crippen molar-refractivity contribution in [2.45, 2.75) is 6.43 Å². The summed E-state index contributed by atoms with van der Waals surface area (Å²) in [7, 11) is 1.19. The Kier molecular flexibility index (Phi) is 2.95. The molecule has 1 rings (SSSR count). The van der Waals surface area contributed by atoms with E-state index in [1.807, 2.05) is 0 Å². The van der Waals surface area contributed by atoms with Crippen molar-refractivity contribution in [1.29, 1.82) is 0 Å². The molecule has 0 spiro atoms. The lowest BCUT2D eigenvalue weighted by Crippen LogP contribution is -2.03. The molecule has 0 saturated carbocycles. The van der Waals surface area contributed by atoms with Gasteiger partial charge in [0.15, 0.2) is 17.7 Å². The molecule has 0 radical (unpaired) electrons. The molecule has 1 aromatic heterocycles. The number of carbonyl (C=O) groups excluding carboxylic acids is 1. The zero-order valence-corrected chi connectivity index (χ0v) is 7.33. The summed E-state index contributed by atoms with van der Waals surface area (Å²) in [4.78, 5) is 13.9. The number of aldehydes is 1. The van der Waals surface area contributed by atoms with Gasteiger partial charge in [-0.05, 0) is 6.07 Å². The van der Waals surface area contributed by atoms with Gasteiger partial charge in [-0.2, -0.15) is 0 Å². The van der Waals surface area contributed by atoms with Crippen LogP contribution in [0, 0.1) is 0 Å². The van der Waals surface area contributed by atoms with E-state index in [4.69, 9.17) is 5.73 Å². The first-order valence-corrected chi connectivity index (χ1v) is 3.68. The number of nitrogens with zero attached hydrogens (tertiary/aromatic N) is 1. The molecule has 1 aromatic rings. The summed E-state index contributed by atoms with van der Waals surface area (Å²) in [5.74, 6) is -0.368. The zero-order chi connectivity index (χ0) is 10.7. The fourth-order valence-electron chi connectivity index (χ4n) is 1.05. The third-order valence-corrected chi connectivity index (χ3v) is 1.59. The number of rotatable bonds is 3. The van der Waals surface area contributed by atoms with Gasteiger partial charge < -0.3 is 10.5 Å². The van der Waals surface area contributed by atoms with Crippen LogP contribution >= 0.6 is 0 Å². The van der Waals surface area contributed by atoms with E-state index in [9.17, 15) is 13.6 Å². The molecule has 2 N–H and O–H groups in total. The van der Waals surface area contributed by atoms with Crippen LogP contribution in [0.3, 0.4) is 0 Å². The van der Waals surface area contributed by atoms with Crippen LogP contribution in [-0.2, 0) is 0 Å². The number of halogens is 2. The van der Waals surface area contributed by atoms with Gasteiger partial charge >= 0.3 is 0 Å². The SMILES string of the molecule is COc1c(C=O)cc(N)nc1C(F)F. The highest BCUT2D eigenvalue weighted by atomic mass is 19.3. The molecule has 0 amide bonds. The second kappa shape index (κ2) is 3.99. The fraction of sp³-hybridized carbons (Fsp3) is 0.250. The van der Waals surface area contributed by atoms with Crippen molar-refractivity contribution in [3.05, 3.63) is 17.3 Å². The topological polar surface area (TPSA) is 65.2 Å². The maximum atomic E-state index is 12.4. The smallest absolute Gasteiger partial charge is 0.284 e. The van der Waals surface area contributed by atoms with Crippen molar-refractivity contribution in [3.8, 4) is 5.75 Å². The highest BCUT2D eigenvalue weighted by molar-refractivity contribution is 5.81. The number of carbonyl (C=O) groups is 1. The zero-order valence-electron chi connectivity index (χ0n) is 7.33. The molecule has 0 aliphatic rings. The Morgan fingerprint density at radius 3 is 2.71 bits per heavy atom. The molecule has 0 bridgehead atoms. The lowest BCUT2D eigenvalue weighted by molar-refractivity contribution is 0.111. The minimum absolute atomic E-state index is 0.0321. The molecular formula is C8H8F2N2O2. The third kappa shape index (κ3) is 1.78. The number of nitrogen functional groups attached to an aromatic ring is 1. The van der Waals surface area contributed by atoms with Gasteiger partial charge in [-0.1, -0.05) is 0 Å². The second-order valence-corrected chi connectivity index (χ2v) is 2.47. The van der Waals surface area contributed by atoms with Crippen LogP contribution < -0.4 is 10.5 Å². The molecule has 0 saturated heterocycles. The van der Waals surface area contributed by atoms with Gasteiger partial charge in [0.2, 0.25) is 0 Å². The summed E-state index contributed by atoms with van der Waals surface area (Å²) in [5, 5.41) is 0. The van der Waals surface area contributed by atoms with Gasteiger partial charge in [0.25, 0.3) is 6.43 Å². The Hall–Kier alpha value is -1.72. The molecule has 0 aliphatic heterocycles. The monoisotopic (exact) mass is 202 g/mol. The Morgan fingerprint density at radius 2 is 2.29 bits per heavy atom. The normalized spacial score (nSPS) is 10.3. The summed E-state index contributed by atoms with van der Waals surface area (Å²) >= 11 is 0. The number of nitrogens with two attached hydrogens (primary N) is 1. The molecule has 0 aliphatic carbocycles. The first-order chi connectivity index (χ1) is 6.60. The second-order valence-electron chi connectivity index (χ2n) is 2.47. The number of hydrogen-bond acceptors (Lipinski definition) is 4. The van der Waals surface area contributed by atoms with Gasteiger partial charge in [-0.15, -0.1) is 0 Å². The first kappa shape index (κ1) is 10.4. The summed E-state index contributed by atoms with van der Waals surface area (Å²) in [6.07, 6.45) is -2.44. The predicted molar refractivity (Wildman–Crippen MR) is 45.5 cm³/mol. The number of hydrogen-bond donors (Lipinski definition) is 1. The van der Waals surface area contributed by atoms with E-state index >= 15 is 0 Å². The van der Waals surface area contributed by atoms with Crippen LogP contribution in [0.2, 0.25) is 0 Å². The van der Waals surface area contributed by atoms with E-state index in [0.717, 1.165) is 0 Å². The standard InChI is InChI=1S/C8H8F2N2O2/c1-14-7-4(3-13)2-5(11)12-6(7)8(9)10/h2-3,8H,1H3,(H2,11,12). The van der Waals surface area contributed by atoms with Crippen molar-refractivity contribution in [2.75, 3.05) is 12.8 Å². The summed E-state index contributed by atoms with van der Waals surface area (Å²) in [6.45, 7) is 0. The number of anilines is 1. The van der Waals surface area contributed by atoms with Crippen molar-refractivity contribution in [1.82, 2.24) is 4.98 Å². The van der Waals surface area contributed by atoms with Crippen LogP contribution in [0.25, 0.3) is 0 Å². The van der Waals surface area contributed by atoms with Crippen molar-refractivity contribution in [3.63, 3.8) is 0 Å². The maximum Gasteiger partial charge on any atom is 0.284 e. The van der Waals surface area contributed by atoms with Crippen LogP contribution in [0.5, 0.6) is 5.75 Å².